The normalized spacial score (nSPS) is 10.1. The third kappa shape index (κ3) is 3.97. The van der Waals surface area contributed by atoms with Crippen LogP contribution in [-0.2, 0) is 0 Å². The average Bonchev–Trinajstić information content (AvgIpc) is 2.20. The zero-order chi connectivity index (χ0) is 10.2. The minimum Gasteiger partial charge on any atom is -0.506 e. The first-order valence-corrected chi connectivity index (χ1v) is 5.88. The lowest BCUT2D eigenvalue weighted by atomic mass is 10.2. The van der Waals surface area contributed by atoms with E-state index in [0.717, 1.165) is 18.7 Å². The average molecular weight is 211 g/mol. The van der Waals surface area contributed by atoms with Crippen molar-refractivity contribution in [3.05, 3.63) is 24.3 Å². The molecule has 0 fully saturated rings. The molecule has 0 aliphatic rings. The summed E-state index contributed by atoms with van der Waals surface area (Å²) in [4.78, 5) is 0. The molecule has 0 saturated carbocycles. The van der Waals surface area contributed by atoms with Crippen LogP contribution in [0.4, 0.5) is 5.69 Å². The van der Waals surface area contributed by atoms with Crippen LogP contribution in [0.3, 0.4) is 0 Å². The molecule has 78 valence electrons. The molecule has 0 aliphatic heterocycles. The molecule has 3 heteroatoms. The van der Waals surface area contributed by atoms with Gasteiger partial charge >= 0.3 is 0 Å². The minimum absolute atomic E-state index is 0.332. The molecule has 0 saturated heterocycles. The number of para-hydroxylation sites is 2. The molecule has 0 aromatic heterocycles. The molecule has 14 heavy (non-hydrogen) atoms. The predicted octanol–water partition coefficient (Wildman–Crippen LogP) is 2.85. The Morgan fingerprint density at radius 1 is 1.14 bits per heavy atom. The van der Waals surface area contributed by atoms with Crippen LogP contribution in [0.25, 0.3) is 0 Å². The minimum atomic E-state index is 0.332. The molecule has 0 amide bonds. The number of aromatic hydroxyl groups is 1. The Kier molecular flexibility index (Phi) is 5.39. The molecular weight excluding hydrogens is 193 g/mol. The summed E-state index contributed by atoms with van der Waals surface area (Å²) in [5.74, 6) is 0.332. The van der Waals surface area contributed by atoms with Gasteiger partial charge in [0.2, 0.25) is 0 Å². The van der Waals surface area contributed by atoms with Gasteiger partial charge in [0.15, 0.2) is 0 Å². The molecule has 1 aromatic carbocycles. The van der Waals surface area contributed by atoms with Gasteiger partial charge in [0.05, 0.1) is 5.69 Å². The Bertz CT molecular complexity index is 265. The van der Waals surface area contributed by atoms with Gasteiger partial charge in [-0.1, -0.05) is 18.6 Å². The molecule has 1 aromatic rings. The van der Waals surface area contributed by atoms with Crippen molar-refractivity contribution in [3.8, 4) is 5.75 Å². The van der Waals surface area contributed by atoms with Crippen molar-refractivity contribution >= 4 is 14.9 Å². The monoisotopic (exact) mass is 211 g/mol. The third-order valence-electron chi connectivity index (χ3n) is 2.10. The van der Waals surface area contributed by atoms with Crippen LogP contribution in [0.1, 0.15) is 19.3 Å². The van der Waals surface area contributed by atoms with Crippen molar-refractivity contribution in [2.45, 2.75) is 19.3 Å². The quantitative estimate of drug-likeness (QED) is 0.431. The molecule has 2 N–H and O–H groups in total. The van der Waals surface area contributed by atoms with Gasteiger partial charge in [-0.15, -0.1) is 9.24 Å². The molecule has 0 radical (unpaired) electrons. The van der Waals surface area contributed by atoms with E-state index in [0.29, 0.717) is 5.75 Å². The van der Waals surface area contributed by atoms with E-state index in [2.05, 4.69) is 14.6 Å². The number of rotatable bonds is 6. The highest BCUT2D eigenvalue weighted by Gasteiger charge is 1.96. The van der Waals surface area contributed by atoms with Gasteiger partial charge in [0.1, 0.15) is 5.75 Å². The largest absolute Gasteiger partial charge is 0.506 e. The molecule has 0 bridgehead atoms. The first-order valence-electron chi connectivity index (χ1n) is 5.06. The van der Waals surface area contributed by atoms with E-state index < -0.39 is 0 Å². The zero-order valence-electron chi connectivity index (χ0n) is 8.37. The van der Waals surface area contributed by atoms with E-state index in [1.807, 2.05) is 18.2 Å². The smallest absolute Gasteiger partial charge is 0.138 e. The first-order chi connectivity index (χ1) is 6.84. The summed E-state index contributed by atoms with van der Waals surface area (Å²) in [6.45, 7) is 0.933. The SMILES string of the molecule is Oc1ccccc1NCCCCCP. The van der Waals surface area contributed by atoms with Crippen LogP contribution in [-0.4, -0.2) is 17.8 Å². The van der Waals surface area contributed by atoms with Crippen molar-refractivity contribution in [2.24, 2.45) is 0 Å². The fourth-order valence-electron chi connectivity index (χ4n) is 1.29. The van der Waals surface area contributed by atoms with E-state index in [9.17, 15) is 5.11 Å². The van der Waals surface area contributed by atoms with E-state index in [1.54, 1.807) is 6.07 Å². The number of benzene rings is 1. The Morgan fingerprint density at radius 3 is 2.64 bits per heavy atom. The molecular formula is C11H18NOP. The number of phenolic OH excluding ortho intramolecular Hbond substituents is 1. The number of phenols is 1. The lowest BCUT2D eigenvalue weighted by Gasteiger charge is -2.07. The number of nitrogens with one attached hydrogen (secondary N) is 1. The van der Waals surface area contributed by atoms with Crippen LogP contribution < -0.4 is 5.32 Å². The second-order valence-corrected chi connectivity index (χ2v) is 3.87. The molecule has 0 spiro atoms. The summed E-state index contributed by atoms with van der Waals surface area (Å²) in [5.41, 5.74) is 0.832. The Hall–Kier alpha value is -0.750. The van der Waals surface area contributed by atoms with Crippen LogP contribution in [0.15, 0.2) is 24.3 Å². The maximum Gasteiger partial charge on any atom is 0.138 e. The molecule has 0 aliphatic carbocycles. The summed E-state index contributed by atoms with van der Waals surface area (Å²) in [6.07, 6.45) is 4.83. The Balaban J connectivity index is 2.21. The van der Waals surface area contributed by atoms with E-state index in [1.165, 1.54) is 19.0 Å². The maximum atomic E-state index is 9.45. The lowest BCUT2D eigenvalue weighted by molar-refractivity contribution is 0.477. The molecule has 2 nitrogen and oxygen atoms in total. The van der Waals surface area contributed by atoms with Crippen molar-refractivity contribution in [1.82, 2.24) is 0 Å². The Labute approximate surface area is 87.9 Å². The van der Waals surface area contributed by atoms with Crippen molar-refractivity contribution < 1.29 is 5.11 Å². The van der Waals surface area contributed by atoms with Gasteiger partial charge in [-0.2, -0.15) is 0 Å². The van der Waals surface area contributed by atoms with Crippen LogP contribution in [0.2, 0.25) is 0 Å². The predicted molar refractivity (Wildman–Crippen MR) is 65.0 cm³/mol. The summed E-state index contributed by atoms with van der Waals surface area (Å²) < 4.78 is 0. The number of hydrogen-bond acceptors (Lipinski definition) is 2. The molecule has 0 heterocycles. The second-order valence-electron chi connectivity index (χ2n) is 3.29. The summed E-state index contributed by atoms with van der Waals surface area (Å²) in [7, 11) is 2.73. The van der Waals surface area contributed by atoms with Gasteiger partial charge in [-0.25, -0.2) is 0 Å². The highest BCUT2D eigenvalue weighted by Crippen LogP contribution is 2.21. The summed E-state index contributed by atoms with van der Waals surface area (Å²) in [6, 6.07) is 7.34. The second kappa shape index (κ2) is 6.67. The fraction of sp³-hybridized carbons (Fsp3) is 0.455. The van der Waals surface area contributed by atoms with E-state index in [4.69, 9.17) is 0 Å². The standard InChI is InChI=1S/C11H18NOP/c13-11-7-3-2-6-10(11)12-8-4-1-5-9-14/h2-3,6-7,12-13H,1,4-5,8-9,14H2. The number of unbranched alkanes of at least 4 members (excludes halogenated alkanes) is 2. The Morgan fingerprint density at radius 2 is 1.93 bits per heavy atom. The molecule has 1 unspecified atom stereocenters. The highest BCUT2D eigenvalue weighted by atomic mass is 31.0. The third-order valence-corrected chi connectivity index (χ3v) is 2.51. The van der Waals surface area contributed by atoms with Gasteiger partial charge in [0.25, 0.3) is 0 Å². The topological polar surface area (TPSA) is 32.3 Å². The van der Waals surface area contributed by atoms with Crippen LogP contribution >= 0.6 is 9.24 Å². The van der Waals surface area contributed by atoms with Crippen LogP contribution in [0.5, 0.6) is 5.75 Å². The number of hydrogen-bond donors (Lipinski definition) is 2. The fourth-order valence-corrected chi connectivity index (χ4v) is 1.58. The van der Waals surface area contributed by atoms with Crippen molar-refractivity contribution in [2.75, 3.05) is 18.0 Å². The zero-order valence-corrected chi connectivity index (χ0v) is 9.52. The van der Waals surface area contributed by atoms with Gasteiger partial charge in [-0.05, 0) is 31.1 Å². The number of anilines is 1. The van der Waals surface area contributed by atoms with Crippen LogP contribution in [0, 0.1) is 0 Å². The first kappa shape index (κ1) is 11.3. The molecule has 1 atom stereocenters. The van der Waals surface area contributed by atoms with E-state index in [-0.39, 0.29) is 0 Å². The molecule has 1 rings (SSSR count). The van der Waals surface area contributed by atoms with Crippen molar-refractivity contribution in [3.63, 3.8) is 0 Å². The highest BCUT2D eigenvalue weighted by molar-refractivity contribution is 7.16. The summed E-state index contributed by atoms with van der Waals surface area (Å²) >= 11 is 0. The lowest BCUT2D eigenvalue weighted by Crippen LogP contribution is -2.01. The van der Waals surface area contributed by atoms with Gasteiger partial charge in [0, 0.05) is 6.54 Å². The van der Waals surface area contributed by atoms with Crippen molar-refractivity contribution in [1.29, 1.82) is 0 Å². The maximum absolute atomic E-state index is 9.45. The van der Waals surface area contributed by atoms with Gasteiger partial charge in [-0.3, -0.25) is 0 Å². The summed E-state index contributed by atoms with van der Waals surface area (Å²) in [5, 5.41) is 12.7. The van der Waals surface area contributed by atoms with E-state index >= 15 is 0 Å². The van der Waals surface area contributed by atoms with Gasteiger partial charge < -0.3 is 10.4 Å².